The molecule has 2 rings (SSSR count). The molecule has 1 heterocycles. The van der Waals surface area contributed by atoms with Crippen LogP contribution in [0.4, 0.5) is 0 Å². The van der Waals surface area contributed by atoms with Gasteiger partial charge in [0.25, 0.3) is 0 Å². The zero-order chi connectivity index (χ0) is 11.6. The standard InChI is InChI=1S/C15H17N.2Re/c1-15(2,3)9-8-12-10-13-6-4-5-7-14(13)16-11-12;;/h4-7H,8-9H2,1-3H3;;/q-2;;. The Kier molecular flexibility index (Phi) is 7.50. The van der Waals surface area contributed by atoms with E-state index in [9.17, 15) is 0 Å². The molecule has 0 amide bonds. The average molecular weight is 584 g/mol. The molecular formula is C15H17NRe2-2. The largest absolute Gasteiger partial charge is 0.521 e. The molecule has 1 aromatic heterocycles. The van der Waals surface area contributed by atoms with Crippen molar-refractivity contribution < 1.29 is 40.8 Å². The van der Waals surface area contributed by atoms with Gasteiger partial charge in [-0.3, -0.25) is 11.8 Å². The van der Waals surface area contributed by atoms with Crippen molar-refractivity contribution in [2.24, 2.45) is 5.41 Å². The molecule has 2 aromatic rings. The normalized spacial score (nSPS) is 10.6. The summed E-state index contributed by atoms with van der Waals surface area (Å²) in [7, 11) is 0. The van der Waals surface area contributed by atoms with Crippen LogP contribution in [0.2, 0.25) is 0 Å². The summed E-state index contributed by atoms with van der Waals surface area (Å²) in [6, 6.07) is 11.4. The molecule has 0 N–H and O–H groups in total. The van der Waals surface area contributed by atoms with Gasteiger partial charge in [-0.1, -0.05) is 39.3 Å². The number of hydrogen-bond donors (Lipinski definition) is 0. The molecule has 0 fully saturated rings. The molecule has 0 aliphatic heterocycles. The minimum atomic E-state index is 0. The number of rotatable bonds is 2. The SMILES string of the molecule is CC(C)(C)CCc1[c-]nc2ccccc2[c-]1.[Re].[Re]. The number of hydrogen-bond acceptors (Lipinski definition) is 1. The molecule has 0 saturated carbocycles. The first-order valence-electron chi connectivity index (χ1n) is 5.73. The van der Waals surface area contributed by atoms with Crippen LogP contribution >= 0.6 is 0 Å². The van der Waals surface area contributed by atoms with Crippen molar-refractivity contribution in [1.29, 1.82) is 0 Å². The van der Waals surface area contributed by atoms with E-state index in [4.69, 9.17) is 0 Å². The average Bonchev–Trinajstić information content (AvgIpc) is 2.25. The molecule has 1 aromatic carbocycles. The predicted molar refractivity (Wildman–Crippen MR) is 67.2 cm³/mol. The van der Waals surface area contributed by atoms with Gasteiger partial charge in [-0.15, -0.1) is 12.1 Å². The first kappa shape index (κ1) is 18.0. The zero-order valence-corrected chi connectivity index (χ0v) is 16.4. The second kappa shape index (κ2) is 7.52. The third-order valence-electron chi connectivity index (χ3n) is 2.63. The summed E-state index contributed by atoms with van der Waals surface area (Å²) in [5.41, 5.74) is 2.42. The van der Waals surface area contributed by atoms with Gasteiger partial charge in [0.1, 0.15) is 0 Å². The van der Waals surface area contributed by atoms with E-state index in [1.54, 1.807) is 0 Å². The van der Waals surface area contributed by atoms with Crippen molar-refractivity contribution in [2.45, 2.75) is 33.6 Å². The Labute approximate surface area is 137 Å². The van der Waals surface area contributed by atoms with E-state index in [2.05, 4.69) is 44.1 Å². The van der Waals surface area contributed by atoms with Gasteiger partial charge in [0, 0.05) is 40.8 Å². The maximum Gasteiger partial charge on any atom is 0 e. The Morgan fingerprint density at radius 2 is 1.78 bits per heavy atom. The second-order valence-electron chi connectivity index (χ2n) is 5.40. The van der Waals surface area contributed by atoms with E-state index in [0.717, 1.165) is 29.3 Å². The molecule has 0 spiro atoms. The number of benzene rings is 1. The van der Waals surface area contributed by atoms with Crippen LogP contribution in [0.3, 0.4) is 0 Å². The van der Waals surface area contributed by atoms with Gasteiger partial charge in [-0.25, -0.2) is 5.39 Å². The third kappa shape index (κ3) is 5.30. The van der Waals surface area contributed by atoms with E-state index in [0.29, 0.717) is 5.41 Å². The van der Waals surface area contributed by atoms with Crippen molar-refractivity contribution in [3.05, 3.63) is 42.1 Å². The van der Waals surface area contributed by atoms with Gasteiger partial charge in [-0.2, -0.15) is 5.52 Å². The Morgan fingerprint density at radius 3 is 2.44 bits per heavy atom. The summed E-state index contributed by atoms with van der Waals surface area (Å²) in [5, 5.41) is 1.09. The number of nitrogens with zero attached hydrogens (tertiary/aromatic N) is 1. The van der Waals surface area contributed by atoms with E-state index in [1.165, 1.54) is 0 Å². The molecule has 0 saturated heterocycles. The van der Waals surface area contributed by atoms with Crippen LogP contribution in [0, 0.1) is 17.7 Å². The van der Waals surface area contributed by atoms with Crippen molar-refractivity contribution in [2.75, 3.05) is 0 Å². The molecule has 0 aliphatic carbocycles. The van der Waals surface area contributed by atoms with Gasteiger partial charge >= 0.3 is 0 Å². The van der Waals surface area contributed by atoms with Gasteiger partial charge in [-0.05, 0) is 11.8 Å². The summed E-state index contributed by atoms with van der Waals surface area (Å²) in [6.07, 6.45) is 5.22. The monoisotopic (exact) mass is 585 g/mol. The minimum absolute atomic E-state index is 0. The molecule has 1 nitrogen and oxygen atoms in total. The van der Waals surface area contributed by atoms with E-state index in [-0.39, 0.29) is 40.8 Å². The number of aromatic nitrogens is 1. The molecule has 2 radical (unpaired) electrons. The van der Waals surface area contributed by atoms with Crippen molar-refractivity contribution in [3.8, 4) is 0 Å². The van der Waals surface area contributed by atoms with Crippen LogP contribution in [0.25, 0.3) is 10.9 Å². The summed E-state index contributed by atoms with van der Waals surface area (Å²) >= 11 is 0. The quantitative estimate of drug-likeness (QED) is 0.491. The first-order valence-corrected chi connectivity index (χ1v) is 5.73. The van der Waals surface area contributed by atoms with Crippen LogP contribution in [-0.4, -0.2) is 4.98 Å². The molecule has 3 heteroatoms. The fourth-order valence-corrected chi connectivity index (χ4v) is 1.61. The van der Waals surface area contributed by atoms with Gasteiger partial charge < -0.3 is 11.1 Å². The van der Waals surface area contributed by atoms with E-state index in [1.807, 2.05) is 18.2 Å². The first-order chi connectivity index (χ1) is 7.54. The van der Waals surface area contributed by atoms with Crippen LogP contribution in [0.15, 0.2) is 24.3 Å². The van der Waals surface area contributed by atoms with Crippen molar-refractivity contribution in [1.82, 2.24) is 4.98 Å². The smallest absolute Gasteiger partial charge is 0 e. The Morgan fingerprint density at radius 1 is 1.11 bits per heavy atom. The maximum atomic E-state index is 4.33. The van der Waals surface area contributed by atoms with E-state index < -0.39 is 0 Å². The van der Waals surface area contributed by atoms with Crippen LogP contribution in [0.1, 0.15) is 32.8 Å². The number of pyridine rings is 1. The van der Waals surface area contributed by atoms with Crippen LogP contribution < -0.4 is 0 Å². The Bertz CT molecular complexity index is 489. The van der Waals surface area contributed by atoms with Crippen LogP contribution in [-0.2, 0) is 47.3 Å². The fourth-order valence-electron chi connectivity index (χ4n) is 1.61. The fraction of sp³-hybridized carbons (Fsp3) is 0.400. The third-order valence-corrected chi connectivity index (χ3v) is 2.63. The summed E-state index contributed by atoms with van der Waals surface area (Å²) < 4.78 is 0. The van der Waals surface area contributed by atoms with E-state index >= 15 is 0 Å². The molecule has 0 unspecified atom stereocenters. The number of fused-ring (bicyclic) bond motifs is 1. The summed E-state index contributed by atoms with van der Waals surface area (Å²) in [6.45, 7) is 6.75. The van der Waals surface area contributed by atoms with Gasteiger partial charge in [0.2, 0.25) is 0 Å². The maximum absolute atomic E-state index is 4.33. The molecule has 0 aliphatic rings. The number of para-hydroxylation sites is 1. The minimum Gasteiger partial charge on any atom is -0.521 e. The Balaban J connectivity index is 0.00000144. The molecule has 0 bridgehead atoms. The molecular weight excluding hydrogens is 567 g/mol. The van der Waals surface area contributed by atoms with Crippen LogP contribution in [0.5, 0.6) is 0 Å². The zero-order valence-electron chi connectivity index (χ0n) is 10.9. The molecule has 0 atom stereocenters. The summed E-state index contributed by atoms with van der Waals surface area (Å²) in [4.78, 5) is 4.33. The topological polar surface area (TPSA) is 12.9 Å². The predicted octanol–water partition coefficient (Wildman–Crippen LogP) is 3.81. The molecule has 98 valence electrons. The van der Waals surface area contributed by atoms with Crippen molar-refractivity contribution >= 4 is 10.9 Å². The summed E-state index contributed by atoms with van der Waals surface area (Å²) in [5.74, 6) is 0. The van der Waals surface area contributed by atoms with Crippen molar-refractivity contribution in [3.63, 3.8) is 0 Å². The van der Waals surface area contributed by atoms with Gasteiger partial charge in [0.05, 0.1) is 0 Å². The molecule has 18 heavy (non-hydrogen) atoms. The second-order valence-corrected chi connectivity index (χ2v) is 5.40. The number of aryl methyl sites for hydroxylation is 1. The Hall–Kier alpha value is -0.0453. The van der Waals surface area contributed by atoms with Gasteiger partial charge in [0.15, 0.2) is 0 Å².